The second-order valence-corrected chi connectivity index (χ2v) is 12.2. The number of rotatable bonds is 9. The molecule has 222 valence electrons. The summed E-state index contributed by atoms with van der Waals surface area (Å²) in [5, 5.41) is 0. The topological polar surface area (TPSA) is 36.9 Å². The molecule has 0 rings (SSSR count). The Labute approximate surface area is 233 Å². The average Bonchev–Trinajstić information content (AvgIpc) is 2.58. The molecule has 6 heteroatoms. The van der Waals surface area contributed by atoms with Crippen molar-refractivity contribution in [1.29, 1.82) is 0 Å². The van der Waals surface area contributed by atoms with Crippen LogP contribution in [-0.2, 0) is 18.9 Å². The molecule has 0 unspecified atom stereocenters. The minimum atomic E-state index is -0.0816. The molecule has 0 atom stereocenters. The van der Waals surface area contributed by atoms with Crippen LogP contribution in [0.5, 0.6) is 0 Å². The van der Waals surface area contributed by atoms with Crippen molar-refractivity contribution in [2.75, 3.05) is 31.8 Å². The third-order valence-electron chi connectivity index (χ3n) is 3.07. The quantitative estimate of drug-likeness (QED) is 0.211. The Bertz CT molecular complexity index is 356. The van der Waals surface area contributed by atoms with Crippen molar-refractivity contribution in [3.63, 3.8) is 0 Å². The fourth-order valence-corrected chi connectivity index (χ4v) is 1.96. The van der Waals surface area contributed by atoms with Gasteiger partial charge in [0.05, 0.1) is 22.4 Å². The van der Waals surface area contributed by atoms with E-state index in [9.17, 15) is 0 Å². The highest BCUT2D eigenvalue weighted by Crippen LogP contribution is 2.08. The van der Waals surface area contributed by atoms with E-state index in [1.54, 1.807) is 0 Å². The molecule has 0 N–H and O–H groups in total. The van der Waals surface area contributed by atoms with E-state index in [0.29, 0.717) is 5.88 Å². The van der Waals surface area contributed by atoms with Gasteiger partial charge in [0.1, 0.15) is 6.07 Å². The van der Waals surface area contributed by atoms with Gasteiger partial charge in [-0.05, 0) is 102 Å². The van der Waals surface area contributed by atoms with Gasteiger partial charge in [-0.15, -0.1) is 11.6 Å². The number of alkyl halides is 2. The van der Waals surface area contributed by atoms with Crippen LogP contribution in [-0.4, -0.2) is 54.2 Å². The van der Waals surface area contributed by atoms with Gasteiger partial charge >= 0.3 is 0 Å². The molecule has 0 bridgehead atoms. The van der Waals surface area contributed by atoms with E-state index in [0.717, 1.165) is 32.7 Å². The lowest BCUT2D eigenvalue weighted by molar-refractivity contribution is -0.00426. The van der Waals surface area contributed by atoms with Crippen LogP contribution in [0.25, 0.3) is 0 Å². The van der Waals surface area contributed by atoms with Crippen molar-refractivity contribution < 1.29 is 18.9 Å². The number of hydrogen-bond acceptors (Lipinski definition) is 4. The van der Waals surface area contributed by atoms with E-state index >= 15 is 0 Å². The van der Waals surface area contributed by atoms with Gasteiger partial charge in [-0.2, -0.15) is 0 Å². The maximum atomic E-state index is 5.47. The van der Waals surface area contributed by atoms with Crippen LogP contribution in [0.3, 0.4) is 0 Å². The minimum absolute atomic E-state index is 0. The predicted octanol–water partition coefficient (Wildman–Crippen LogP) is 10.5. The molecule has 35 heavy (non-hydrogen) atoms. The molecule has 0 fully saturated rings. The molecule has 0 aromatic heterocycles. The largest absolute Gasteiger partial charge is 0.376 e. The maximum Gasteiger partial charge on any atom is 0.121 e. The van der Waals surface area contributed by atoms with Gasteiger partial charge in [0, 0.05) is 25.7 Å². The summed E-state index contributed by atoms with van der Waals surface area (Å²) in [6, 6.07) is 0.281. The molecule has 0 aliphatic carbocycles. The van der Waals surface area contributed by atoms with Gasteiger partial charge in [-0.25, -0.2) is 0 Å². The molecule has 0 radical (unpaired) electrons. The molecule has 0 amide bonds. The highest BCUT2D eigenvalue weighted by molar-refractivity contribution is 6.17. The normalized spacial score (nSPS) is 11.3. The number of halogens is 2. The van der Waals surface area contributed by atoms with Crippen LogP contribution in [0.2, 0.25) is 0 Å². The third-order valence-corrected chi connectivity index (χ3v) is 3.45. The van der Waals surface area contributed by atoms with E-state index in [1.165, 1.54) is 12.8 Å². The van der Waals surface area contributed by atoms with E-state index < -0.39 is 0 Å². The summed E-state index contributed by atoms with van der Waals surface area (Å²) in [6.45, 7) is 31.3. The maximum absolute atomic E-state index is 5.47. The van der Waals surface area contributed by atoms with Crippen LogP contribution in [0.4, 0.5) is 0 Å². The molecule has 0 saturated carbocycles. The fraction of sp³-hybridized carbons (Fsp3) is 1.00. The molecule has 0 heterocycles. The molecule has 0 aromatic rings. The predicted molar refractivity (Wildman–Crippen MR) is 163 cm³/mol. The van der Waals surface area contributed by atoms with Crippen LogP contribution in [0, 0.1) is 0 Å². The van der Waals surface area contributed by atoms with E-state index in [4.69, 9.17) is 42.1 Å². The monoisotopic (exact) mass is 550 g/mol. The summed E-state index contributed by atoms with van der Waals surface area (Å²) in [6.07, 6.45) is 4.45. The van der Waals surface area contributed by atoms with Crippen LogP contribution in [0.1, 0.15) is 137 Å². The summed E-state index contributed by atoms with van der Waals surface area (Å²) in [4.78, 5) is 0. The molecule has 0 saturated heterocycles. The molecule has 0 aliphatic heterocycles. The first-order chi connectivity index (χ1) is 14.7. The van der Waals surface area contributed by atoms with Crippen molar-refractivity contribution in [1.82, 2.24) is 0 Å². The number of unbranched alkanes of at least 4 members (excludes halogenated alkanes) is 1. The second kappa shape index (κ2) is 27.5. The van der Waals surface area contributed by atoms with Crippen molar-refractivity contribution >= 4 is 23.2 Å². The Kier molecular flexibility index (Phi) is 38.0. The van der Waals surface area contributed by atoms with Gasteiger partial charge in [0.15, 0.2) is 0 Å². The molecule has 0 aromatic carbocycles. The van der Waals surface area contributed by atoms with Crippen molar-refractivity contribution in [2.24, 2.45) is 0 Å². The zero-order valence-electron chi connectivity index (χ0n) is 24.8. The Balaban J connectivity index is -0.0000000789. The molecule has 0 spiro atoms. The lowest BCUT2D eigenvalue weighted by Gasteiger charge is -2.18. The zero-order chi connectivity index (χ0) is 27.2. The fourth-order valence-electron chi connectivity index (χ4n) is 1.53. The van der Waals surface area contributed by atoms with Gasteiger partial charge in [0.2, 0.25) is 0 Å². The number of hydrogen-bond donors (Lipinski definition) is 0. The number of ether oxygens (including phenoxy) is 4. The van der Waals surface area contributed by atoms with Crippen LogP contribution >= 0.6 is 23.2 Å². The summed E-state index contributed by atoms with van der Waals surface area (Å²) in [5.41, 5.74) is 0.0129. The van der Waals surface area contributed by atoms with Gasteiger partial charge in [-0.3, -0.25) is 0 Å². The lowest BCUT2D eigenvalue weighted by atomic mass is 10.2. The molecular formula is C29H68Cl2O4. The molecule has 0 aliphatic rings. The Morgan fingerprint density at radius 2 is 0.771 bits per heavy atom. The first-order valence-corrected chi connectivity index (χ1v) is 13.5. The standard InChI is InChI=1S/C8H18O.C7H15ClO.C7H16O.C5H11ClO.2CH4/c1-5-6-7-9-8(2,3)4;1-7(2,3)9-6-4-5-8;1-5-6-8-7(2,3)4;1-5(2,3)7-4-6;;/h5-7H2,1-4H3;4-6H2,1-3H3;5-6H2,1-4H3;4H2,1-3H3;2*1H4. The van der Waals surface area contributed by atoms with Gasteiger partial charge in [-0.1, -0.05) is 46.7 Å². The van der Waals surface area contributed by atoms with Crippen LogP contribution < -0.4 is 0 Å². The second-order valence-electron chi connectivity index (χ2n) is 11.6. The first-order valence-electron chi connectivity index (χ1n) is 12.4. The van der Waals surface area contributed by atoms with Gasteiger partial charge < -0.3 is 18.9 Å². The lowest BCUT2D eigenvalue weighted by Crippen LogP contribution is -2.19. The Hall–Kier alpha value is 0.420. The summed E-state index contributed by atoms with van der Waals surface area (Å²) in [7, 11) is 0. The van der Waals surface area contributed by atoms with Gasteiger partial charge in [0.25, 0.3) is 0 Å². The van der Waals surface area contributed by atoms with E-state index in [1.807, 2.05) is 41.5 Å². The van der Waals surface area contributed by atoms with E-state index in [-0.39, 0.29) is 43.3 Å². The Morgan fingerprint density at radius 1 is 0.457 bits per heavy atom. The van der Waals surface area contributed by atoms with Crippen molar-refractivity contribution in [3.8, 4) is 0 Å². The Morgan fingerprint density at radius 3 is 0.943 bits per heavy atom. The van der Waals surface area contributed by atoms with Crippen LogP contribution in [0.15, 0.2) is 0 Å². The minimum Gasteiger partial charge on any atom is -0.376 e. The molecular weight excluding hydrogens is 483 g/mol. The summed E-state index contributed by atoms with van der Waals surface area (Å²) >= 11 is 10.7. The third kappa shape index (κ3) is 78.8. The van der Waals surface area contributed by atoms with Crippen molar-refractivity contribution in [2.45, 2.75) is 160 Å². The highest BCUT2D eigenvalue weighted by atomic mass is 35.5. The highest BCUT2D eigenvalue weighted by Gasteiger charge is 2.09. The zero-order valence-corrected chi connectivity index (χ0v) is 26.3. The van der Waals surface area contributed by atoms with E-state index in [2.05, 4.69) is 55.4 Å². The van der Waals surface area contributed by atoms with Crippen molar-refractivity contribution in [3.05, 3.63) is 0 Å². The smallest absolute Gasteiger partial charge is 0.121 e. The summed E-state index contributed by atoms with van der Waals surface area (Å²) in [5.74, 6) is 0.691. The summed E-state index contributed by atoms with van der Waals surface area (Å²) < 4.78 is 21.2. The average molecular weight is 552 g/mol. The molecule has 4 nitrogen and oxygen atoms in total. The SMILES string of the molecule is C.C.CC(C)(C)OCCCCl.CC(C)(C)OCCl.CCCCOC(C)(C)C.CCCOC(C)(C)C. The first kappa shape index (κ1) is 48.5.